The monoisotopic (exact) mass is 391 g/mol. The first-order valence-electron chi connectivity index (χ1n) is 10.5. The molecule has 4 rings (SSSR count). The maximum atomic E-state index is 12.2. The van der Waals surface area contributed by atoms with Crippen LogP contribution < -0.4 is 9.47 Å². The number of hydrogen-bond donors (Lipinski definition) is 0. The summed E-state index contributed by atoms with van der Waals surface area (Å²) in [4.78, 5) is 14.5. The second-order valence-corrected chi connectivity index (χ2v) is 8.43. The summed E-state index contributed by atoms with van der Waals surface area (Å²) in [5.41, 5.74) is 2.98. The van der Waals surface area contributed by atoms with E-state index < -0.39 is 5.60 Å². The normalized spacial score (nSPS) is 19.9. The highest BCUT2D eigenvalue weighted by Crippen LogP contribution is 2.35. The molecular weight excluding hydrogens is 362 g/mol. The van der Waals surface area contributed by atoms with Crippen molar-refractivity contribution in [3.05, 3.63) is 71.5 Å². The van der Waals surface area contributed by atoms with Gasteiger partial charge in [-0.05, 0) is 68.7 Å². The van der Waals surface area contributed by atoms with Gasteiger partial charge in [0.2, 0.25) is 0 Å². The zero-order chi connectivity index (χ0) is 20.3. The summed E-state index contributed by atoms with van der Waals surface area (Å²) in [6, 6.07) is 5.52. The quantitative estimate of drug-likeness (QED) is 0.492. The van der Waals surface area contributed by atoms with Crippen LogP contribution >= 0.6 is 0 Å². The Morgan fingerprint density at radius 3 is 2.86 bits per heavy atom. The van der Waals surface area contributed by atoms with Crippen LogP contribution in [0.1, 0.15) is 49.9 Å². The van der Waals surface area contributed by atoms with Gasteiger partial charge in [-0.2, -0.15) is 0 Å². The van der Waals surface area contributed by atoms with Crippen LogP contribution in [-0.4, -0.2) is 36.0 Å². The van der Waals surface area contributed by atoms with Crippen LogP contribution in [0, 0.1) is 0 Å². The van der Waals surface area contributed by atoms with Crippen molar-refractivity contribution in [3.63, 3.8) is 0 Å². The molecule has 4 heteroatoms. The first-order valence-corrected chi connectivity index (χ1v) is 10.5. The second-order valence-electron chi connectivity index (χ2n) is 8.43. The molecule has 0 spiro atoms. The average Bonchev–Trinajstić information content (AvgIpc) is 2.71. The molecule has 2 aliphatic heterocycles. The van der Waals surface area contributed by atoms with Gasteiger partial charge in [0.1, 0.15) is 17.1 Å². The van der Waals surface area contributed by atoms with Gasteiger partial charge in [0.15, 0.2) is 5.78 Å². The number of carbonyl (C=O) groups is 1. The van der Waals surface area contributed by atoms with E-state index in [-0.39, 0.29) is 5.78 Å². The lowest BCUT2D eigenvalue weighted by atomic mass is 9.93. The van der Waals surface area contributed by atoms with Gasteiger partial charge < -0.3 is 14.4 Å². The standard InChI is InChI=1S/C25H29NO3/c1-25(2)18-23(27)22-10-9-21(17-24(22)29-25)28-16-6-13-26-14-11-20(12-15-26)19-7-4-3-5-8-19/h3-4,8-12,14,17H,5-7,13,15-16,18H2,1-2H3. The lowest BCUT2D eigenvalue weighted by Gasteiger charge is -2.31. The highest BCUT2D eigenvalue weighted by molar-refractivity contribution is 6.00. The van der Waals surface area contributed by atoms with E-state index in [2.05, 4.69) is 41.5 Å². The van der Waals surface area contributed by atoms with Crippen molar-refractivity contribution in [2.24, 2.45) is 0 Å². The fraction of sp³-hybridized carbons (Fsp3) is 0.400. The molecule has 152 valence electrons. The summed E-state index contributed by atoms with van der Waals surface area (Å²) in [5, 5.41) is 0. The van der Waals surface area contributed by atoms with Crippen molar-refractivity contribution in [1.29, 1.82) is 0 Å². The number of nitrogens with zero attached hydrogens (tertiary/aromatic N) is 1. The van der Waals surface area contributed by atoms with Gasteiger partial charge in [-0.25, -0.2) is 0 Å². The van der Waals surface area contributed by atoms with Crippen molar-refractivity contribution < 1.29 is 14.3 Å². The van der Waals surface area contributed by atoms with E-state index in [1.807, 2.05) is 32.0 Å². The van der Waals surface area contributed by atoms with Crippen LogP contribution in [0.4, 0.5) is 0 Å². The molecular formula is C25H29NO3. The minimum atomic E-state index is -0.459. The molecule has 1 aromatic carbocycles. The average molecular weight is 392 g/mol. The summed E-state index contributed by atoms with van der Waals surface area (Å²) in [6.07, 6.45) is 16.9. The highest BCUT2D eigenvalue weighted by Gasteiger charge is 2.32. The molecule has 0 atom stereocenters. The third-order valence-electron chi connectivity index (χ3n) is 5.47. The predicted octanol–water partition coefficient (Wildman–Crippen LogP) is 5.23. The van der Waals surface area contributed by atoms with E-state index in [4.69, 9.17) is 9.47 Å². The van der Waals surface area contributed by atoms with Gasteiger partial charge in [0.05, 0.1) is 18.6 Å². The molecule has 0 amide bonds. The molecule has 0 aromatic heterocycles. The Hall–Kier alpha value is -2.75. The topological polar surface area (TPSA) is 38.8 Å². The second kappa shape index (κ2) is 8.32. The molecule has 29 heavy (non-hydrogen) atoms. The molecule has 1 aromatic rings. The van der Waals surface area contributed by atoms with E-state index in [1.54, 1.807) is 0 Å². The van der Waals surface area contributed by atoms with Crippen molar-refractivity contribution >= 4 is 5.78 Å². The maximum absolute atomic E-state index is 12.2. The molecule has 0 fully saturated rings. The summed E-state index contributed by atoms with van der Waals surface area (Å²) in [6.45, 7) is 6.40. The fourth-order valence-electron chi connectivity index (χ4n) is 3.95. The Balaban J connectivity index is 1.24. The number of ether oxygens (including phenoxy) is 2. The van der Waals surface area contributed by atoms with Crippen LogP contribution in [0.2, 0.25) is 0 Å². The highest BCUT2D eigenvalue weighted by atomic mass is 16.5. The Morgan fingerprint density at radius 2 is 2.10 bits per heavy atom. The number of carbonyl (C=O) groups excluding carboxylic acids is 1. The molecule has 3 aliphatic rings. The van der Waals surface area contributed by atoms with E-state index in [0.29, 0.717) is 24.3 Å². The first kappa shape index (κ1) is 19.6. The summed E-state index contributed by atoms with van der Waals surface area (Å²) in [5.74, 6) is 1.52. The third kappa shape index (κ3) is 4.81. The van der Waals surface area contributed by atoms with Gasteiger partial charge in [-0.3, -0.25) is 4.79 Å². The number of benzene rings is 1. The maximum Gasteiger partial charge on any atom is 0.170 e. The minimum absolute atomic E-state index is 0.132. The predicted molar refractivity (Wildman–Crippen MR) is 115 cm³/mol. The van der Waals surface area contributed by atoms with Crippen LogP contribution in [-0.2, 0) is 0 Å². The van der Waals surface area contributed by atoms with Crippen molar-refractivity contribution in [2.75, 3.05) is 19.7 Å². The largest absolute Gasteiger partial charge is 0.493 e. The zero-order valence-electron chi connectivity index (χ0n) is 17.3. The number of rotatable bonds is 6. The molecule has 0 saturated carbocycles. The molecule has 0 bridgehead atoms. The van der Waals surface area contributed by atoms with E-state index in [9.17, 15) is 4.79 Å². The number of allylic oxidation sites excluding steroid dienone is 6. The zero-order valence-corrected chi connectivity index (χ0v) is 17.3. The fourth-order valence-corrected chi connectivity index (χ4v) is 3.95. The summed E-state index contributed by atoms with van der Waals surface area (Å²) in [7, 11) is 0. The summed E-state index contributed by atoms with van der Waals surface area (Å²) >= 11 is 0. The number of Topliss-reactive ketones (excluding diaryl/α,β-unsaturated/α-hetero) is 1. The van der Waals surface area contributed by atoms with E-state index in [1.165, 1.54) is 11.1 Å². The van der Waals surface area contributed by atoms with Crippen molar-refractivity contribution in [3.8, 4) is 11.5 Å². The van der Waals surface area contributed by atoms with Crippen LogP contribution in [0.3, 0.4) is 0 Å². The van der Waals surface area contributed by atoms with Gasteiger partial charge in [-0.1, -0.05) is 24.3 Å². The number of ketones is 1. The SMILES string of the molecule is CC1(C)CC(=O)c2ccc(OCCCN3C=CC(C4=CCC=CC4)=CC3)cc2O1. The van der Waals surface area contributed by atoms with Gasteiger partial charge in [-0.15, -0.1) is 0 Å². The molecule has 2 heterocycles. The Labute approximate surface area is 173 Å². The molecule has 0 N–H and O–H groups in total. The minimum Gasteiger partial charge on any atom is -0.493 e. The van der Waals surface area contributed by atoms with Crippen LogP contribution in [0.5, 0.6) is 11.5 Å². The van der Waals surface area contributed by atoms with Gasteiger partial charge >= 0.3 is 0 Å². The lowest BCUT2D eigenvalue weighted by Crippen LogP contribution is -2.35. The molecule has 0 radical (unpaired) electrons. The number of fused-ring (bicyclic) bond motifs is 1. The molecule has 0 unspecified atom stereocenters. The van der Waals surface area contributed by atoms with Gasteiger partial charge in [0.25, 0.3) is 0 Å². The lowest BCUT2D eigenvalue weighted by molar-refractivity contribution is 0.0618. The molecule has 1 aliphatic carbocycles. The van der Waals surface area contributed by atoms with Crippen LogP contribution in [0.25, 0.3) is 0 Å². The van der Waals surface area contributed by atoms with Crippen molar-refractivity contribution in [2.45, 2.75) is 45.1 Å². The molecule has 0 saturated heterocycles. The van der Waals surface area contributed by atoms with Crippen molar-refractivity contribution in [1.82, 2.24) is 4.90 Å². The number of hydrogen-bond acceptors (Lipinski definition) is 4. The Kier molecular flexibility index (Phi) is 5.61. The Morgan fingerprint density at radius 1 is 1.21 bits per heavy atom. The third-order valence-corrected chi connectivity index (χ3v) is 5.47. The molecule has 4 nitrogen and oxygen atoms in total. The van der Waals surface area contributed by atoms with E-state index >= 15 is 0 Å². The van der Waals surface area contributed by atoms with Crippen LogP contribution in [0.15, 0.2) is 65.9 Å². The Bertz CT molecular complexity index is 905. The van der Waals surface area contributed by atoms with E-state index in [0.717, 1.165) is 38.1 Å². The van der Waals surface area contributed by atoms with Gasteiger partial charge in [0, 0.05) is 19.2 Å². The first-order chi connectivity index (χ1) is 14.0. The summed E-state index contributed by atoms with van der Waals surface area (Å²) < 4.78 is 11.9. The smallest absolute Gasteiger partial charge is 0.170 e.